The minimum absolute atomic E-state index is 0.193. The highest BCUT2D eigenvalue weighted by Crippen LogP contribution is 2.31. The Morgan fingerprint density at radius 1 is 1.41 bits per heavy atom. The predicted octanol–water partition coefficient (Wildman–Crippen LogP) is 1.64. The van der Waals surface area contributed by atoms with E-state index in [0.717, 1.165) is 12.1 Å². The molecule has 0 saturated heterocycles. The van der Waals surface area contributed by atoms with Crippen LogP contribution in [0.4, 0.5) is 13.2 Å². The maximum Gasteiger partial charge on any atom is 0.416 e. The molecule has 0 aliphatic heterocycles. The minimum atomic E-state index is -4.51. The molecule has 3 nitrogen and oxygen atoms in total. The van der Waals surface area contributed by atoms with Crippen LogP contribution in [0.2, 0.25) is 0 Å². The zero-order valence-corrected chi connectivity index (χ0v) is 8.51. The fourth-order valence-electron chi connectivity index (χ4n) is 1.04. The van der Waals surface area contributed by atoms with Crippen molar-refractivity contribution in [2.24, 2.45) is 5.73 Å². The molecule has 1 amide bonds. The predicted molar refractivity (Wildman–Crippen MR) is 53.8 cm³/mol. The summed E-state index contributed by atoms with van der Waals surface area (Å²) >= 11 is 0. The second-order valence-electron chi connectivity index (χ2n) is 3.17. The Balaban J connectivity index is 3.06. The van der Waals surface area contributed by atoms with Crippen LogP contribution in [0.5, 0.6) is 5.75 Å². The number of carbonyl (C=O) groups is 1. The van der Waals surface area contributed by atoms with Crippen LogP contribution in [0.1, 0.15) is 17.5 Å². The normalized spacial score (nSPS) is 10.5. The lowest BCUT2D eigenvalue weighted by Gasteiger charge is -2.07. The summed E-state index contributed by atoms with van der Waals surface area (Å²) in [4.78, 5) is 10.4. The van der Waals surface area contributed by atoms with E-state index < -0.39 is 17.6 Å². The number of alkyl halides is 3. The molecule has 1 aromatic rings. The van der Waals surface area contributed by atoms with Gasteiger partial charge < -0.3 is 10.8 Å². The molecule has 0 bridgehead atoms. The molecule has 0 spiro atoms. The van der Waals surface area contributed by atoms with E-state index in [1.807, 2.05) is 0 Å². The average molecular weight is 243 g/mol. The van der Waals surface area contributed by atoms with E-state index in [-0.39, 0.29) is 17.7 Å². The monoisotopic (exact) mass is 243 g/mol. The Morgan fingerprint density at radius 2 is 2.06 bits per heavy atom. The van der Waals surface area contributed by atoms with Crippen LogP contribution in [0.25, 0.3) is 0 Å². The Hall–Kier alpha value is -2.16. The molecule has 0 heterocycles. The molecule has 0 unspecified atom stereocenters. The topological polar surface area (TPSA) is 63.3 Å². The van der Waals surface area contributed by atoms with Crippen molar-refractivity contribution < 1.29 is 23.1 Å². The minimum Gasteiger partial charge on any atom is -0.507 e. The molecule has 0 radical (unpaired) electrons. The highest BCUT2D eigenvalue weighted by Gasteiger charge is 2.30. The van der Waals surface area contributed by atoms with Crippen molar-refractivity contribution in [3.8, 4) is 17.6 Å². The molecule has 0 aromatic heterocycles. The van der Waals surface area contributed by atoms with Gasteiger partial charge in [0.15, 0.2) is 0 Å². The van der Waals surface area contributed by atoms with E-state index in [1.54, 1.807) is 0 Å². The largest absolute Gasteiger partial charge is 0.507 e. The van der Waals surface area contributed by atoms with E-state index in [2.05, 4.69) is 11.8 Å². The molecule has 0 aliphatic carbocycles. The van der Waals surface area contributed by atoms with Gasteiger partial charge in [0.25, 0.3) is 0 Å². The second kappa shape index (κ2) is 4.78. The van der Waals surface area contributed by atoms with E-state index in [0.29, 0.717) is 6.07 Å². The maximum atomic E-state index is 12.3. The Labute approximate surface area is 95.0 Å². The highest BCUT2D eigenvalue weighted by atomic mass is 19.4. The number of nitrogens with two attached hydrogens (primary N) is 1. The van der Waals surface area contributed by atoms with Crippen molar-refractivity contribution in [1.82, 2.24) is 0 Å². The summed E-state index contributed by atoms with van der Waals surface area (Å²) in [5, 5.41) is 9.28. The molecular formula is C11H8F3NO2. The summed E-state index contributed by atoms with van der Waals surface area (Å²) < 4.78 is 37.0. The van der Waals surface area contributed by atoms with Crippen LogP contribution in [0, 0.1) is 11.8 Å². The molecule has 0 aliphatic rings. The van der Waals surface area contributed by atoms with Gasteiger partial charge in [0.05, 0.1) is 17.5 Å². The summed E-state index contributed by atoms with van der Waals surface area (Å²) in [5.41, 5.74) is 3.70. The van der Waals surface area contributed by atoms with Crippen molar-refractivity contribution in [3.63, 3.8) is 0 Å². The molecule has 0 saturated carbocycles. The van der Waals surface area contributed by atoms with Gasteiger partial charge in [-0.3, -0.25) is 4.79 Å². The second-order valence-corrected chi connectivity index (χ2v) is 3.17. The molecule has 6 heteroatoms. The summed E-state index contributed by atoms with van der Waals surface area (Å²) in [5.74, 6) is 3.45. The van der Waals surface area contributed by atoms with Gasteiger partial charge in [-0.15, -0.1) is 0 Å². The number of phenols is 1. The first-order valence-electron chi connectivity index (χ1n) is 4.48. The number of hydrogen-bond acceptors (Lipinski definition) is 2. The number of hydrogen-bond donors (Lipinski definition) is 2. The summed E-state index contributed by atoms with van der Waals surface area (Å²) in [6.07, 6.45) is -4.79. The first kappa shape index (κ1) is 12.9. The number of aromatic hydroxyl groups is 1. The van der Waals surface area contributed by atoms with Crippen LogP contribution in [0.3, 0.4) is 0 Å². The van der Waals surface area contributed by atoms with E-state index in [9.17, 15) is 23.1 Å². The van der Waals surface area contributed by atoms with Gasteiger partial charge in [-0.2, -0.15) is 13.2 Å². The molecule has 0 atom stereocenters. The smallest absolute Gasteiger partial charge is 0.416 e. The van der Waals surface area contributed by atoms with Crippen LogP contribution >= 0.6 is 0 Å². The SMILES string of the molecule is NC(=O)CC#Cc1cc(C(F)(F)F)ccc1O. The molecule has 1 rings (SSSR count). The van der Waals surface area contributed by atoms with Gasteiger partial charge in [-0.25, -0.2) is 0 Å². The molecule has 17 heavy (non-hydrogen) atoms. The van der Waals surface area contributed by atoms with E-state index in [4.69, 9.17) is 5.73 Å². The third-order valence-corrected chi connectivity index (χ3v) is 1.81. The average Bonchev–Trinajstić information content (AvgIpc) is 2.18. The fourth-order valence-corrected chi connectivity index (χ4v) is 1.04. The van der Waals surface area contributed by atoms with Gasteiger partial charge in [-0.05, 0) is 18.2 Å². The number of benzene rings is 1. The van der Waals surface area contributed by atoms with Crippen LogP contribution in [-0.4, -0.2) is 11.0 Å². The van der Waals surface area contributed by atoms with Crippen molar-refractivity contribution in [2.75, 3.05) is 0 Å². The van der Waals surface area contributed by atoms with Gasteiger partial charge >= 0.3 is 6.18 Å². The molecule has 1 aromatic carbocycles. The first-order valence-corrected chi connectivity index (χ1v) is 4.48. The number of carbonyl (C=O) groups excluding carboxylic acids is 1. The lowest BCUT2D eigenvalue weighted by Crippen LogP contribution is -2.08. The fraction of sp³-hybridized carbons (Fsp3) is 0.182. The highest BCUT2D eigenvalue weighted by molar-refractivity contribution is 5.76. The number of rotatable bonds is 1. The summed E-state index contributed by atoms with van der Waals surface area (Å²) in [6.45, 7) is 0. The van der Waals surface area contributed by atoms with Gasteiger partial charge in [-0.1, -0.05) is 11.8 Å². The zero-order chi connectivity index (χ0) is 13.1. The molecule has 3 N–H and O–H groups in total. The lowest BCUT2D eigenvalue weighted by molar-refractivity contribution is -0.137. The summed E-state index contributed by atoms with van der Waals surface area (Å²) in [7, 11) is 0. The van der Waals surface area contributed by atoms with E-state index >= 15 is 0 Å². The van der Waals surface area contributed by atoms with E-state index in [1.165, 1.54) is 0 Å². The number of primary amides is 1. The Morgan fingerprint density at radius 3 is 2.59 bits per heavy atom. The Bertz CT molecular complexity index is 498. The zero-order valence-electron chi connectivity index (χ0n) is 8.51. The third kappa shape index (κ3) is 3.72. The molecule has 90 valence electrons. The standard InChI is InChI=1S/C11H8F3NO2/c12-11(13,14)8-4-5-9(16)7(6-8)2-1-3-10(15)17/h4-6,16H,3H2,(H2,15,17). The number of halogens is 3. The maximum absolute atomic E-state index is 12.3. The molecule has 0 fully saturated rings. The quantitative estimate of drug-likeness (QED) is 0.736. The summed E-state index contributed by atoms with van der Waals surface area (Å²) in [6, 6.07) is 2.36. The number of amides is 1. The van der Waals surface area contributed by atoms with Gasteiger partial charge in [0.2, 0.25) is 5.91 Å². The van der Waals surface area contributed by atoms with Crippen molar-refractivity contribution in [1.29, 1.82) is 0 Å². The first-order chi connectivity index (χ1) is 7.80. The third-order valence-electron chi connectivity index (χ3n) is 1.81. The van der Waals surface area contributed by atoms with Crippen molar-refractivity contribution in [2.45, 2.75) is 12.6 Å². The Kier molecular flexibility index (Phi) is 3.63. The van der Waals surface area contributed by atoms with Crippen LogP contribution < -0.4 is 5.73 Å². The number of phenolic OH excluding ortho intramolecular Hbond substituents is 1. The van der Waals surface area contributed by atoms with Gasteiger partial charge in [0, 0.05) is 0 Å². The lowest BCUT2D eigenvalue weighted by atomic mass is 10.1. The van der Waals surface area contributed by atoms with Crippen molar-refractivity contribution >= 4 is 5.91 Å². The van der Waals surface area contributed by atoms with Gasteiger partial charge in [0.1, 0.15) is 5.75 Å². The van der Waals surface area contributed by atoms with Crippen LogP contribution in [-0.2, 0) is 11.0 Å². The van der Waals surface area contributed by atoms with Crippen molar-refractivity contribution in [3.05, 3.63) is 29.3 Å². The van der Waals surface area contributed by atoms with Crippen LogP contribution in [0.15, 0.2) is 18.2 Å². The molecular weight excluding hydrogens is 235 g/mol.